The minimum absolute atomic E-state index is 0.721. The van der Waals surface area contributed by atoms with E-state index < -0.39 is 0 Å². The number of unbranched alkanes of at least 4 members (excludes halogenated alkanes) is 1. The second-order valence-corrected chi connectivity index (χ2v) is 6.07. The molecule has 22 heavy (non-hydrogen) atoms. The molecule has 4 nitrogen and oxygen atoms in total. The van der Waals surface area contributed by atoms with Gasteiger partial charge >= 0.3 is 0 Å². The number of hydrogen-bond donors (Lipinski definition) is 2. The van der Waals surface area contributed by atoms with Gasteiger partial charge in [0.1, 0.15) is 0 Å². The lowest BCUT2D eigenvalue weighted by Crippen LogP contribution is -2.38. The van der Waals surface area contributed by atoms with Crippen molar-refractivity contribution in [3.8, 4) is 0 Å². The highest BCUT2D eigenvalue weighted by Crippen LogP contribution is 2.11. The molecular weight excluding hydrogens is 272 g/mol. The molecule has 0 spiro atoms. The van der Waals surface area contributed by atoms with Gasteiger partial charge in [0.15, 0.2) is 5.96 Å². The Hall–Kier alpha value is -1.71. The van der Waals surface area contributed by atoms with E-state index in [0.717, 1.165) is 37.9 Å². The number of aliphatic imine (C=N–C) groups is 1. The smallest absolute Gasteiger partial charge is 0.190 e. The third-order valence-corrected chi connectivity index (χ3v) is 3.65. The average Bonchev–Trinajstić information content (AvgIpc) is 2.53. The van der Waals surface area contributed by atoms with Crippen LogP contribution in [0.25, 0.3) is 0 Å². The summed E-state index contributed by atoms with van der Waals surface area (Å²) in [6.07, 6.45) is 3.48. The Morgan fingerprint density at radius 2 is 1.77 bits per heavy atom. The molecule has 1 aromatic carbocycles. The molecule has 0 radical (unpaired) electrons. The number of benzene rings is 1. The number of hydrogen-bond acceptors (Lipinski definition) is 2. The van der Waals surface area contributed by atoms with Crippen LogP contribution < -0.4 is 15.5 Å². The molecule has 4 heteroatoms. The zero-order valence-corrected chi connectivity index (χ0v) is 14.6. The molecule has 0 aliphatic carbocycles. The summed E-state index contributed by atoms with van der Waals surface area (Å²) in [5.41, 5.74) is 1.28. The van der Waals surface area contributed by atoms with Crippen LogP contribution in [0.5, 0.6) is 0 Å². The van der Waals surface area contributed by atoms with Crippen LogP contribution in [0, 0.1) is 5.92 Å². The van der Waals surface area contributed by atoms with Crippen LogP contribution in [0.2, 0.25) is 0 Å². The van der Waals surface area contributed by atoms with Gasteiger partial charge in [-0.05, 0) is 37.3 Å². The monoisotopic (exact) mass is 304 g/mol. The van der Waals surface area contributed by atoms with E-state index in [1.54, 1.807) is 0 Å². The fraction of sp³-hybridized carbons (Fsp3) is 0.611. The van der Waals surface area contributed by atoms with E-state index >= 15 is 0 Å². The summed E-state index contributed by atoms with van der Waals surface area (Å²) in [6, 6.07) is 10.5. The predicted octanol–water partition coefficient (Wildman–Crippen LogP) is 3.11. The van der Waals surface area contributed by atoms with E-state index in [1.165, 1.54) is 18.5 Å². The van der Waals surface area contributed by atoms with Crippen LogP contribution in [-0.2, 0) is 0 Å². The largest absolute Gasteiger partial charge is 0.375 e. The summed E-state index contributed by atoms with van der Waals surface area (Å²) in [5.74, 6) is 1.64. The second-order valence-electron chi connectivity index (χ2n) is 6.07. The summed E-state index contributed by atoms with van der Waals surface area (Å²) in [4.78, 5) is 6.55. The van der Waals surface area contributed by atoms with Crippen molar-refractivity contribution in [2.45, 2.75) is 33.1 Å². The number of para-hydroxylation sites is 1. The first-order valence-electron chi connectivity index (χ1n) is 8.34. The van der Waals surface area contributed by atoms with E-state index in [0.29, 0.717) is 0 Å². The highest BCUT2D eigenvalue weighted by Gasteiger charge is 2.01. The van der Waals surface area contributed by atoms with Gasteiger partial charge in [-0.2, -0.15) is 0 Å². The van der Waals surface area contributed by atoms with Crippen LogP contribution in [0.1, 0.15) is 33.1 Å². The maximum Gasteiger partial charge on any atom is 0.190 e. The lowest BCUT2D eigenvalue weighted by molar-refractivity contribution is 0.572. The Morgan fingerprint density at radius 1 is 1.09 bits per heavy atom. The third kappa shape index (κ3) is 7.91. The average molecular weight is 304 g/mol. The highest BCUT2D eigenvalue weighted by molar-refractivity contribution is 5.79. The van der Waals surface area contributed by atoms with Crippen molar-refractivity contribution < 1.29 is 0 Å². The van der Waals surface area contributed by atoms with Crippen LogP contribution in [0.4, 0.5) is 5.69 Å². The first-order valence-corrected chi connectivity index (χ1v) is 8.34. The SMILES string of the molecule is CN=C(NCCCCN(C)c1ccccc1)NCCC(C)C. The van der Waals surface area contributed by atoms with Gasteiger partial charge in [0.25, 0.3) is 0 Å². The maximum absolute atomic E-state index is 4.25. The van der Waals surface area contributed by atoms with Gasteiger partial charge < -0.3 is 15.5 Å². The van der Waals surface area contributed by atoms with Crippen molar-refractivity contribution in [3.05, 3.63) is 30.3 Å². The Bertz CT molecular complexity index is 414. The van der Waals surface area contributed by atoms with Crippen molar-refractivity contribution in [3.63, 3.8) is 0 Å². The molecule has 0 aromatic heterocycles. The van der Waals surface area contributed by atoms with E-state index in [4.69, 9.17) is 0 Å². The van der Waals surface area contributed by atoms with Gasteiger partial charge in [-0.3, -0.25) is 4.99 Å². The quantitative estimate of drug-likeness (QED) is 0.418. The Kier molecular flexibility index (Phi) is 9.12. The molecule has 0 saturated carbocycles. The fourth-order valence-electron chi connectivity index (χ4n) is 2.19. The van der Waals surface area contributed by atoms with Gasteiger partial charge in [-0.25, -0.2) is 0 Å². The lowest BCUT2D eigenvalue weighted by Gasteiger charge is -2.19. The van der Waals surface area contributed by atoms with Crippen molar-refractivity contribution in [2.75, 3.05) is 38.6 Å². The van der Waals surface area contributed by atoms with Gasteiger partial charge in [0.2, 0.25) is 0 Å². The molecule has 0 amide bonds. The number of rotatable bonds is 9. The molecule has 0 bridgehead atoms. The van der Waals surface area contributed by atoms with E-state index in [2.05, 4.69) is 71.8 Å². The fourth-order valence-corrected chi connectivity index (χ4v) is 2.19. The molecule has 0 aliphatic rings. The molecule has 1 aromatic rings. The number of nitrogens with one attached hydrogen (secondary N) is 2. The first-order chi connectivity index (χ1) is 10.6. The number of guanidine groups is 1. The molecular formula is C18H32N4. The van der Waals surface area contributed by atoms with Gasteiger partial charge in [0.05, 0.1) is 0 Å². The van der Waals surface area contributed by atoms with Crippen LogP contribution in [-0.4, -0.2) is 39.7 Å². The highest BCUT2D eigenvalue weighted by atomic mass is 15.2. The van der Waals surface area contributed by atoms with Crippen LogP contribution in [0.3, 0.4) is 0 Å². The molecule has 0 aliphatic heterocycles. The number of anilines is 1. The standard InChI is InChI=1S/C18H32N4/c1-16(2)12-14-21-18(19-3)20-13-8-9-15-22(4)17-10-6-5-7-11-17/h5-7,10-11,16H,8-9,12-15H2,1-4H3,(H2,19,20,21). The predicted molar refractivity (Wildman–Crippen MR) is 97.8 cm³/mol. The molecule has 0 heterocycles. The minimum Gasteiger partial charge on any atom is -0.375 e. The van der Waals surface area contributed by atoms with E-state index in [1.807, 2.05) is 7.05 Å². The van der Waals surface area contributed by atoms with Gasteiger partial charge in [0, 0.05) is 39.4 Å². The Labute approximate surface area is 136 Å². The van der Waals surface area contributed by atoms with Crippen molar-refractivity contribution in [2.24, 2.45) is 10.9 Å². The summed E-state index contributed by atoms with van der Waals surface area (Å²) >= 11 is 0. The van der Waals surface area contributed by atoms with Gasteiger partial charge in [-0.15, -0.1) is 0 Å². The summed E-state index contributed by atoms with van der Waals surface area (Å²) in [5, 5.41) is 6.73. The molecule has 0 unspecified atom stereocenters. The Balaban J connectivity index is 2.11. The lowest BCUT2D eigenvalue weighted by atomic mass is 10.1. The molecule has 0 saturated heterocycles. The van der Waals surface area contributed by atoms with Gasteiger partial charge in [-0.1, -0.05) is 32.0 Å². The zero-order valence-electron chi connectivity index (χ0n) is 14.6. The van der Waals surface area contributed by atoms with E-state index in [9.17, 15) is 0 Å². The van der Waals surface area contributed by atoms with E-state index in [-0.39, 0.29) is 0 Å². The Morgan fingerprint density at radius 3 is 2.41 bits per heavy atom. The number of nitrogens with zero attached hydrogens (tertiary/aromatic N) is 2. The summed E-state index contributed by atoms with van der Waals surface area (Å²) in [6.45, 7) is 7.49. The van der Waals surface area contributed by atoms with Crippen molar-refractivity contribution >= 4 is 11.6 Å². The third-order valence-electron chi connectivity index (χ3n) is 3.65. The van der Waals surface area contributed by atoms with Crippen LogP contribution >= 0.6 is 0 Å². The van der Waals surface area contributed by atoms with Crippen molar-refractivity contribution in [1.82, 2.24) is 10.6 Å². The normalized spacial score (nSPS) is 11.6. The minimum atomic E-state index is 0.721. The summed E-state index contributed by atoms with van der Waals surface area (Å²) < 4.78 is 0. The first kappa shape index (κ1) is 18.3. The topological polar surface area (TPSA) is 39.7 Å². The molecule has 124 valence electrons. The molecule has 0 fully saturated rings. The van der Waals surface area contributed by atoms with Crippen LogP contribution in [0.15, 0.2) is 35.3 Å². The van der Waals surface area contributed by atoms with Crippen molar-refractivity contribution in [1.29, 1.82) is 0 Å². The molecule has 1 rings (SSSR count). The zero-order chi connectivity index (χ0) is 16.2. The molecule has 2 N–H and O–H groups in total. The maximum atomic E-state index is 4.25. The molecule has 0 atom stereocenters. The second kappa shape index (κ2) is 10.9. The summed E-state index contributed by atoms with van der Waals surface area (Å²) in [7, 11) is 3.98.